The number of nitrogens with one attached hydrogen (secondary N) is 2. The Labute approximate surface area is 133 Å². The largest absolute Gasteiger partial charge is 0.494 e. The van der Waals surface area contributed by atoms with Gasteiger partial charge in [0.2, 0.25) is 5.43 Å². The van der Waals surface area contributed by atoms with Crippen molar-refractivity contribution >= 4 is 16.8 Å². The highest BCUT2D eigenvalue weighted by atomic mass is 16.5. The number of carbonyl (C=O) groups excluding carboxylic acids is 1. The second-order valence-electron chi connectivity index (χ2n) is 5.52. The minimum atomic E-state index is -0.384. The number of ether oxygens (including phenoxy) is 2. The number of pyridine rings is 1. The quantitative estimate of drug-likeness (QED) is 0.882. The van der Waals surface area contributed by atoms with Crippen LogP contribution in [0.3, 0.4) is 0 Å². The van der Waals surface area contributed by atoms with Crippen molar-refractivity contribution in [3.05, 3.63) is 40.2 Å². The van der Waals surface area contributed by atoms with Crippen LogP contribution in [0.1, 0.15) is 30.1 Å². The number of H-pyrrole nitrogens is 1. The lowest BCUT2D eigenvalue weighted by Crippen LogP contribution is -2.34. The number of carbonyl (C=O) groups is 1. The first-order valence-electron chi connectivity index (χ1n) is 7.87. The molecule has 1 aromatic carbocycles. The fourth-order valence-electron chi connectivity index (χ4n) is 2.73. The Hall–Kier alpha value is -2.34. The normalized spacial score (nSPS) is 17.3. The van der Waals surface area contributed by atoms with E-state index in [0.717, 1.165) is 19.4 Å². The van der Waals surface area contributed by atoms with Crippen molar-refractivity contribution in [2.45, 2.75) is 25.9 Å². The zero-order valence-electron chi connectivity index (χ0n) is 13.1. The maximum Gasteiger partial charge on any atom is 0.256 e. The van der Waals surface area contributed by atoms with Crippen LogP contribution in [-0.2, 0) is 4.74 Å². The molecule has 0 radical (unpaired) electrons. The lowest BCUT2D eigenvalue weighted by Gasteiger charge is -2.11. The predicted molar refractivity (Wildman–Crippen MR) is 87.0 cm³/mol. The van der Waals surface area contributed by atoms with Gasteiger partial charge in [-0.2, -0.15) is 0 Å². The molecule has 2 aromatic rings. The second kappa shape index (κ2) is 6.83. The van der Waals surface area contributed by atoms with E-state index in [0.29, 0.717) is 29.8 Å². The molecule has 0 saturated carbocycles. The zero-order valence-corrected chi connectivity index (χ0v) is 13.1. The average molecular weight is 316 g/mol. The standard InChI is InChI=1S/C17H20N2O4/c1-2-22-11-5-6-15-13(8-11)16(20)14(10-18-15)17(21)19-9-12-4-3-7-23-12/h5-6,8,10,12H,2-4,7,9H2,1H3,(H,18,20)(H,19,21)/t12-/m1/s1. The summed E-state index contributed by atoms with van der Waals surface area (Å²) in [6.45, 7) is 3.56. The molecule has 1 fully saturated rings. The molecule has 1 aliphatic heterocycles. The Kier molecular flexibility index (Phi) is 4.62. The molecule has 1 amide bonds. The molecule has 6 nitrogen and oxygen atoms in total. The van der Waals surface area contributed by atoms with Crippen LogP contribution < -0.4 is 15.5 Å². The van der Waals surface area contributed by atoms with Crippen molar-refractivity contribution in [3.63, 3.8) is 0 Å². The maximum atomic E-state index is 12.6. The highest BCUT2D eigenvalue weighted by Gasteiger charge is 2.18. The van der Waals surface area contributed by atoms with E-state index in [1.807, 2.05) is 6.92 Å². The Morgan fingerprint density at radius 3 is 3.09 bits per heavy atom. The first-order valence-corrected chi connectivity index (χ1v) is 7.87. The minimum absolute atomic E-state index is 0.0445. The predicted octanol–water partition coefficient (Wildman–Crippen LogP) is 1.84. The highest BCUT2D eigenvalue weighted by molar-refractivity contribution is 5.97. The molecule has 0 bridgehead atoms. The molecule has 1 aliphatic rings. The van der Waals surface area contributed by atoms with Crippen LogP contribution in [0.2, 0.25) is 0 Å². The smallest absolute Gasteiger partial charge is 0.256 e. The molecule has 6 heteroatoms. The molecular formula is C17H20N2O4. The van der Waals surface area contributed by atoms with Crippen LogP contribution in [0.4, 0.5) is 0 Å². The molecule has 0 spiro atoms. The van der Waals surface area contributed by atoms with Gasteiger partial charge in [0.25, 0.3) is 5.91 Å². The summed E-state index contributed by atoms with van der Waals surface area (Å²) >= 11 is 0. The van der Waals surface area contributed by atoms with E-state index in [-0.39, 0.29) is 23.0 Å². The average Bonchev–Trinajstić information content (AvgIpc) is 3.07. The van der Waals surface area contributed by atoms with Gasteiger partial charge in [0.05, 0.1) is 12.7 Å². The maximum absolute atomic E-state index is 12.6. The number of fused-ring (bicyclic) bond motifs is 1. The summed E-state index contributed by atoms with van der Waals surface area (Å²) < 4.78 is 10.9. The number of hydrogen-bond donors (Lipinski definition) is 2. The Morgan fingerprint density at radius 1 is 1.48 bits per heavy atom. The molecule has 1 saturated heterocycles. The number of aromatic amines is 1. The van der Waals surface area contributed by atoms with Crippen LogP contribution in [0.5, 0.6) is 5.75 Å². The number of benzene rings is 1. The van der Waals surface area contributed by atoms with E-state index in [4.69, 9.17) is 9.47 Å². The van der Waals surface area contributed by atoms with Crippen molar-refractivity contribution < 1.29 is 14.3 Å². The Bertz CT molecular complexity index is 763. The van der Waals surface area contributed by atoms with Crippen LogP contribution in [0.25, 0.3) is 10.9 Å². The molecule has 1 atom stereocenters. The summed E-state index contributed by atoms with van der Waals surface area (Å²) in [5.41, 5.74) is 0.475. The van der Waals surface area contributed by atoms with Crippen LogP contribution in [0.15, 0.2) is 29.2 Å². The number of hydrogen-bond acceptors (Lipinski definition) is 4. The summed E-state index contributed by atoms with van der Waals surface area (Å²) in [6.07, 6.45) is 3.45. The number of rotatable bonds is 5. The van der Waals surface area contributed by atoms with E-state index >= 15 is 0 Å². The van der Waals surface area contributed by atoms with Gasteiger partial charge in [-0.05, 0) is 38.0 Å². The molecule has 0 aliphatic carbocycles. The van der Waals surface area contributed by atoms with Crippen molar-refractivity contribution in [2.24, 2.45) is 0 Å². The topological polar surface area (TPSA) is 80.4 Å². The monoisotopic (exact) mass is 316 g/mol. The van der Waals surface area contributed by atoms with Gasteiger partial charge in [0.15, 0.2) is 0 Å². The molecule has 122 valence electrons. The molecule has 23 heavy (non-hydrogen) atoms. The summed E-state index contributed by atoms with van der Waals surface area (Å²) in [7, 11) is 0. The Balaban J connectivity index is 1.83. The van der Waals surface area contributed by atoms with E-state index < -0.39 is 0 Å². The third-order valence-electron chi connectivity index (χ3n) is 3.92. The van der Waals surface area contributed by atoms with Gasteiger partial charge < -0.3 is 19.8 Å². The van der Waals surface area contributed by atoms with Gasteiger partial charge in [-0.15, -0.1) is 0 Å². The molecule has 1 aromatic heterocycles. The van der Waals surface area contributed by atoms with E-state index in [9.17, 15) is 9.59 Å². The van der Waals surface area contributed by atoms with Crippen molar-refractivity contribution in [3.8, 4) is 5.75 Å². The third-order valence-corrected chi connectivity index (χ3v) is 3.92. The van der Waals surface area contributed by atoms with Crippen molar-refractivity contribution in [1.29, 1.82) is 0 Å². The van der Waals surface area contributed by atoms with Crippen molar-refractivity contribution in [2.75, 3.05) is 19.8 Å². The van der Waals surface area contributed by atoms with Crippen LogP contribution in [-0.4, -0.2) is 36.8 Å². The van der Waals surface area contributed by atoms with Gasteiger partial charge in [0, 0.05) is 30.3 Å². The van der Waals surface area contributed by atoms with Gasteiger partial charge >= 0.3 is 0 Å². The van der Waals surface area contributed by atoms with E-state index in [2.05, 4.69) is 10.3 Å². The van der Waals surface area contributed by atoms with Gasteiger partial charge in [-0.3, -0.25) is 9.59 Å². The third kappa shape index (κ3) is 3.37. The van der Waals surface area contributed by atoms with Gasteiger partial charge in [0.1, 0.15) is 11.3 Å². The summed E-state index contributed by atoms with van der Waals surface area (Å²) in [5.74, 6) is 0.230. The minimum Gasteiger partial charge on any atom is -0.494 e. The van der Waals surface area contributed by atoms with E-state index in [1.165, 1.54) is 6.20 Å². The SMILES string of the molecule is CCOc1ccc2[nH]cc(C(=O)NC[C@H]3CCCO3)c(=O)c2c1. The molecule has 0 unspecified atom stereocenters. The lowest BCUT2D eigenvalue weighted by atomic mass is 10.1. The van der Waals surface area contributed by atoms with Crippen LogP contribution in [0, 0.1) is 0 Å². The fraction of sp³-hybridized carbons (Fsp3) is 0.412. The summed E-state index contributed by atoms with van der Waals surface area (Å²) in [4.78, 5) is 27.8. The zero-order chi connectivity index (χ0) is 16.2. The van der Waals surface area contributed by atoms with E-state index in [1.54, 1.807) is 18.2 Å². The summed E-state index contributed by atoms with van der Waals surface area (Å²) in [5, 5.41) is 3.22. The van der Waals surface area contributed by atoms with Gasteiger partial charge in [-0.25, -0.2) is 0 Å². The first-order chi connectivity index (χ1) is 11.2. The molecule has 2 heterocycles. The Morgan fingerprint density at radius 2 is 2.35 bits per heavy atom. The lowest BCUT2D eigenvalue weighted by molar-refractivity contribution is 0.0857. The van der Waals surface area contributed by atoms with Gasteiger partial charge in [-0.1, -0.05) is 0 Å². The molecule has 2 N–H and O–H groups in total. The highest BCUT2D eigenvalue weighted by Crippen LogP contribution is 2.17. The van der Waals surface area contributed by atoms with Crippen LogP contribution >= 0.6 is 0 Å². The van der Waals surface area contributed by atoms with Crippen molar-refractivity contribution in [1.82, 2.24) is 10.3 Å². The molecular weight excluding hydrogens is 296 g/mol. The second-order valence-corrected chi connectivity index (χ2v) is 5.52. The first kappa shape index (κ1) is 15.6. The fourth-order valence-corrected chi connectivity index (χ4v) is 2.73. The molecule has 3 rings (SSSR count). The number of amides is 1. The summed E-state index contributed by atoms with van der Waals surface area (Å²) in [6, 6.07) is 5.23. The number of aromatic nitrogens is 1.